The number of hydrogen-bond donors (Lipinski definition) is 1. The number of nitrogens with zero attached hydrogens (tertiary/aromatic N) is 2. The Morgan fingerprint density at radius 2 is 1.90 bits per heavy atom. The number of hydrogen-bond acceptors (Lipinski definition) is 4. The Hall–Kier alpha value is -2.14. The molecular weight excluding hydrogens is 282 g/mol. The predicted molar refractivity (Wildman–Crippen MR) is 87.2 cm³/mol. The van der Waals surface area contributed by atoms with E-state index < -0.39 is 0 Å². The lowest BCUT2D eigenvalue weighted by Gasteiger charge is -2.13. The molecule has 21 heavy (non-hydrogen) atoms. The lowest BCUT2D eigenvalue weighted by Crippen LogP contribution is -2.26. The van der Waals surface area contributed by atoms with Crippen LogP contribution in [0.15, 0.2) is 58.4 Å². The second-order valence-electron chi connectivity index (χ2n) is 4.92. The quantitative estimate of drug-likeness (QED) is 0.530. The number of nitrogens with two attached hydrogens (primary N) is 1. The largest absolute Gasteiger partial charge is 0.398 e. The maximum Gasteiger partial charge on any atom is 0.347 e. The summed E-state index contributed by atoms with van der Waals surface area (Å²) in [6.07, 6.45) is 0. The van der Waals surface area contributed by atoms with Gasteiger partial charge in [0.15, 0.2) is 11.7 Å². The monoisotopic (exact) mass is 298 g/mol. The van der Waals surface area contributed by atoms with Gasteiger partial charge in [-0.15, -0.1) is 11.8 Å². The van der Waals surface area contributed by atoms with Crippen LogP contribution in [-0.4, -0.2) is 16.3 Å². The Kier molecular flexibility index (Phi) is 3.75. The highest BCUT2D eigenvalue weighted by Crippen LogP contribution is 2.33. The van der Waals surface area contributed by atoms with Gasteiger partial charge in [0, 0.05) is 10.6 Å². The molecule has 2 N–H and O–H groups in total. The van der Waals surface area contributed by atoms with Crippen molar-refractivity contribution >= 4 is 29.0 Å². The van der Waals surface area contributed by atoms with Crippen LogP contribution in [0.4, 0.5) is 11.4 Å². The summed E-state index contributed by atoms with van der Waals surface area (Å²) >= 11 is 1.54. The van der Waals surface area contributed by atoms with Crippen LogP contribution in [0.2, 0.25) is 0 Å². The van der Waals surface area contributed by atoms with E-state index in [9.17, 15) is 4.91 Å². The Bertz CT molecular complexity index is 727. The lowest BCUT2D eigenvalue weighted by molar-refractivity contribution is -0.480. The van der Waals surface area contributed by atoms with Crippen molar-refractivity contribution in [2.24, 2.45) is 4.99 Å². The number of nitrogen functional groups attached to an aromatic ring is 1. The van der Waals surface area contributed by atoms with Gasteiger partial charge in [0.05, 0.1) is 5.56 Å². The zero-order valence-corrected chi connectivity index (χ0v) is 12.5. The number of rotatable bonds is 3. The van der Waals surface area contributed by atoms with E-state index in [0.717, 1.165) is 26.6 Å². The summed E-state index contributed by atoms with van der Waals surface area (Å²) in [5.74, 6) is 1.05. The minimum Gasteiger partial charge on any atom is -0.398 e. The maximum absolute atomic E-state index is 12.3. The smallest absolute Gasteiger partial charge is 0.347 e. The highest BCUT2D eigenvalue weighted by Gasteiger charge is 2.34. The molecule has 106 valence electrons. The van der Waals surface area contributed by atoms with Gasteiger partial charge in [-0.05, 0) is 34.9 Å². The van der Waals surface area contributed by atoms with Gasteiger partial charge < -0.3 is 5.73 Å². The average molecular weight is 298 g/mol. The molecule has 2 aromatic carbocycles. The van der Waals surface area contributed by atoms with Crippen LogP contribution >= 0.6 is 11.8 Å². The van der Waals surface area contributed by atoms with Crippen LogP contribution in [-0.2, 0) is 0 Å². The Balaban J connectivity index is 1.84. The van der Waals surface area contributed by atoms with Crippen LogP contribution in [0.1, 0.15) is 18.5 Å². The fourth-order valence-electron chi connectivity index (χ4n) is 2.33. The molecule has 5 heteroatoms. The number of aliphatic imine (C=N–C) groups is 1. The Morgan fingerprint density at radius 1 is 1.19 bits per heavy atom. The molecule has 0 fully saturated rings. The Labute approximate surface area is 127 Å². The molecule has 1 heterocycles. The summed E-state index contributed by atoms with van der Waals surface area (Å²) in [5.41, 5.74) is 8.50. The number of nitroso groups, excluding NO2 is 1. The van der Waals surface area contributed by atoms with E-state index in [1.165, 1.54) is 11.8 Å². The molecule has 4 nitrogen and oxygen atoms in total. The highest BCUT2D eigenvalue weighted by atomic mass is 32.2. The zero-order chi connectivity index (χ0) is 14.8. The van der Waals surface area contributed by atoms with Crippen molar-refractivity contribution in [3.05, 3.63) is 59.0 Å². The molecule has 0 aliphatic carbocycles. The van der Waals surface area contributed by atoms with Crippen LogP contribution in [0.5, 0.6) is 0 Å². The van der Waals surface area contributed by atoms with E-state index in [0.29, 0.717) is 11.6 Å². The molecule has 1 aliphatic rings. The molecule has 0 amide bonds. The molecule has 1 atom stereocenters. The third-order valence-electron chi connectivity index (χ3n) is 3.52. The summed E-state index contributed by atoms with van der Waals surface area (Å²) in [6.45, 7) is 1.90. The maximum atomic E-state index is 12.3. The normalized spacial score (nSPS) is 17.3. The lowest BCUT2D eigenvalue weighted by atomic mass is 10.0. The first-order chi connectivity index (χ1) is 10.2. The van der Waals surface area contributed by atoms with Gasteiger partial charge in [0.25, 0.3) is 0 Å². The molecule has 3 rings (SSSR count). The first kappa shape index (κ1) is 13.8. The molecule has 0 saturated carbocycles. The third-order valence-corrected chi connectivity index (χ3v) is 4.60. The Morgan fingerprint density at radius 3 is 2.71 bits per heavy atom. The molecule has 0 saturated heterocycles. The van der Waals surface area contributed by atoms with E-state index >= 15 is 0 Å². The van der Waals surface area contributed by atoms with Gasteiger partial charge >= 0.3 is 5.84 Å². The average Bonchev–Trinajstić information content (AvgIpc) is 2.51. The summed E-state index contributed by atoms with van der Waals surface area (Å²) in [5, 5.41) is 0. The number of anilines is 1. The number of fused-ring (bicyclic) bond motifs is 1. The van der Waals surface area contributed by atoms with Crippen molar-refractivity contribution in [2.75, 3.05) is 11.5 Å². The third kappa shape index (κ3) is 2.69. The SMILES string of the molecule is CC1c2ccccc2N=C(CSc2ccccc2N)[N+]1=O. The van der Waals surface area contributed by atoms with Crippen molar-refractivity contribution < 1.29 is 4.76 Å². The van der Waals surface area contributed by atoms with Gasteiger partial charge in [-0.3, -0.25) is 0 Å². The van der Waals surface area contributed by atoms with Gasteiger partial charge in [-0.25, -0.2) is 0 Å². The first-order valence-corrected chi connectivity index (χ1v) is 7.75. The molecule has 2 aromatic rings. The number of thioether (sulfide) groups is 1. The molecule has 0 bridgehead atoms. The topological polar surface area (TPSA) is 58.5 Å². The van der Waals surface area contributed by atoms with Crippen LogP contribution in [0, 0.1) is 4.91 Å². The van der Waals surface area contributed by atoms with Gasteiger partial charge in [-0.1, -0.05) is 35.2 Å². The fraction of sp³-hybridized carbons (Fsp3) is 0.188. The summed E-state index contributed by atoms with van der Waals surface area (Å²) in [4.78, 5) is 17.8. The van der Waals surface area contributed by atoms with Crippen molar-refractivity contribution in [1.82, 2.24) is 0 Å². The molecule has 0 spiro atoms. The van der Waals surface area contributed by atoms with Gasteiger partial charge in [0.1, 0.15) is 5.75 Å². The van der Waals surface area contributed by atoms with E-state index in [1.54, 1.807) is 0 Å². The van der Waals surface area contributed by atoms with E-state index in [-0.39, 0.29) is 6.04 Å². The zero-order valence-electron chi connectivity index (χ0n) is 11.7. The van der Waals surface area contributed by atoms with Crippen molar-refractivity contribution in [2.45, 2.75) is 17.9 Å². The summed E-state index contributed by atoms with van der Waals surface area (Å²) < 4.78 is 0.995. The van der Waals surface area contributed by atoms with Crippen LogP contribution in [0.3, 0.4) is 0 Å². The molecule has 1 unspecified atom stereocenters. The van der Waals surface area contributed by atoms with E-state index in [2.05, 4.69) is 4.99 Å². The summed E-state index contributed by atoms with van der Waals surface area (Å²) in [7, 11) is 0. The van der Waals surface area contributed by atoms with E-state index in [4.69, 9.17) is 5.73 Å². The molecule has 0 aromatic heterocycles. The van der Waals surface area contributed by atoms with E-state index in [1.807, 2.05) is 55.5 Å². The minimum atomic E-state index is -0.206. The second kappa shape index (κ2) is 5.69. The van der Waals surface area contributed by atoms with Gasteiger partial charge in [0.2, 0.25) is 0 Å². The molecule has 0 radical (unpaired) electrons. The van der Waals surface area contributed by atoms with Crippen molar-refractivity contribution in [3.63, 3.8) is 0 Å². The number of amidine groups is 1. The molecule has 1 aliphatic heterocycles. The first-order valence-electron chi connectivity index (χ1n) is 6.77. The van der Waals surface area contributed by atoms with Crippen LogP contribution in [0.25, 0.3) is 0 Å². The standard InChI is InChI=1S/C16H16N3OS/c1-11-12-6-2-4-8-14(12)18-16(19(11)20)10-21-15-9-5-3-7-13(15)17/h2-9,11H,10,17H2,1H3/q+1. The second-order valence-corrected chi connectivity index (χ2v) is 5.93. The number of para-hydroxylation sites is 2. The highest BCUT2D eigenvalue weighted by molar-refractivity contribution is 8.00. The minimum absolute atomic E-state index is 0.206. The van der Waals surface area contributed by atoms with Crippen molar-refractivity contribution in [3.8, 4) is 0 Å². The predicted octanol–water partition coefficient (Wildman–Crippen LogP) is 3.94. The van der Waals surface area contributed by atoms with Gasteiger partial charge in [-0.2, -0.15) is 0 Å². The van der Waals surface area contributed by atoms with Crippen LogP contribution < -0.4 is 5.73 Å². The summed E-state index contributed by atoms with van der Waals surface area (Å²) in [6, 6.07) is 15.2. The number of benzene rings is 2. The van der Waals surface area contributed by atoms with Crippen molar-refractivity contribution in [1.29, 1.82) is 0 Å². The fourth-order valence-corrected chi connectivity index (χ4v) is 3.22. The molecular formula is C16H16N3OS+.